The van der Waals surface area contributed by atoms with Crippen molar-refractivity contribution in [2.75, 3.05) is 0 Å². The molecule has 0 spiro atoms. The highest BCUT2D eigenvalue weighted by molar-refractivity contribution is 5.97. The SMILES string of the molecule is Cc1c(-c2ccccc2)ccc(C(N)=O)c1OC(F)(F)F. The minimum atomic E-state index is -4.90. The van der Waals surface area contributed by atoms with Crippen LogP contribution in [0.4, 0.5) is 13.2 Å². The van der Waals surface area contributed by atoms with E-state index in [1.165, 1.54) is 13.0 Å². The molecule has 3 nitrogen and oxygen atoms in total. The molecule has 0 saturated carbocycles. The smallest absolute Gasteiger partial charge is 0.405 e. The summed E-state index contributed by atoms with van der Waals surface area (Å²) in [6.07, 6.45) is -4.90. The van der Waals surface area contributed by atoms with Crippen molar-refractivity contribution in [3.63, 3.8) is 0 Å². The average molecular weight is 295 g/mol. The summed E-state index contributed by atoms with van der Waals surface area (Å²) in [6, 6.07) is 11.6. The number of hydrogen-bond donors (Lipinski definition) is 1. The number of rotatable bonds is 3. The van der Waals surface area contributed by atoms with Gasteiger partial charge < -0.3 is 10.5 Å². The number of amides is 1. The molecule has 2 aromatic rings. The van der Waals surface area contributed by atoms with Crippen LogP contribution in [0.1, 0.15) is 15.9 Å². The lowest BCUT2D eigenvalue weighted by atomic mass is 9.97. The van der Waals surface area contributed by atoms with Crippen LogP contribution in [0, 0.1) is 6.92 Å². The maximum atomic E-state index is 12.5. The van der Waals surface area contributed by atoms with Gasteiger partial charge in [0, 0.05) is 5.56 Å². The lowest BCUT2D eigenvalue weighted by Crippen LogP contribution is -2.22. The fraction of sp³-hybridized carbons (Fsp3) is 0.133. The Kier molecular flexibility index (Phi) is 3.88. The number of alkyl halides is 3. The Morgan fingerprint density at radius 2 is 1.71 bits per heavy atom. The molecule has 0 aromatic heterocycles. The molecule has 2 aromatic carbocycles. The van der Waals surface area contributed by atoms with Gasteiger partial charge in [0.15, 0.2) is 0 Å². The van der Waals surface area contributed by atoms with Gasteiger partial charge in [-0.25, -0.2) is 0 Å². The molecule has 110 valence electrons. The first-order valence-corrected chi connectivity index (χ1v) is 6.04. The van der Waals surface area contributed by atoms with Gasteiger partial charge in [0.25, 0.3) is 5.91 Å². The van der Waals surface area contributed by atoms with Gasteiger partial charge >= 0.3 is 6.36 Å². The van der Waals surface area contributed by atoms with E-state index in [4.69, 9.17) is 5.73 Å². The van der Waals surface area contributed by atoms with Crippen molar-refractivity contribution in [1.82, 2.24) is 0 Å². The quantitative estimate of drug-likeness (QED) is 0.939. The van der Waals surface area contributed by atoms with Gasteiger partial charge in [-0.1, -0.05) is 36.4 Å². The van der Waals surface area contributed by atoms with Crippen molar-refractivity contribution < 1.29 is 22.7 Å². The molecule has 0 atom stereocenters. The molecule has 0 aliphatic carbocycles. The van der Waals surface area contributed by atoms with Gasteiger partial charge in [0.05, 0.1) is 5.56 Å². The van der Waals surface area contributed by atoms with E-state index in [9.17, 15) is 18.0 Å². The first-order valence-electron chi connectivity index (χ1n) is 6.04. The number of halogens is 3. The molecular formula is C15H12F3NO2. The predicted octanol–water partition coefficient (Wildman–Crippen LogP) is 3.66. The summed E-state index contributed by atoms with van der Waals surface area (Å²) < 4.78 is 41.6. The number of benzene rings is 2. The molecule has 0 fully saturated rings. The van der Waals surface area contributed by atoms with Crippen LogP contribution < -0.4 is 10.5 Å². The predicted molar refractivity (Wildman–Crippen MR) is 71.8 cm³/mol. The van der Waals surface area contributed by atoms with Gasteiger partial charge in [0.1, 0.15) is 5.75 Å². The van der Waals surface area contributed by atoms with Crippen LogP contribution in [0.25, 0.3) is 11.1 Å². The van der Waals surface area contributed by atoms with E-state index >= 15 is 0 Å². The highest BCUT2D eigenvalue weighted by Crippen LogP contribution is 2.36. The lowest BCUT2D eigenvalue weighted by molar-refractivity contribution is -0.274. The van der Waals surface area contributed by atoms with Crippen LogP contribution in [0.2, 0.25) is 0 Å². The van der Waals surface area contributed by atoms with E-state index in [0.29, 0.717) is 5.56 Å². The Hall–Kier alpha value is -2.50. The van der Waals surface area contributed by atoms with E-state index < -0.39 is 18.0 Å². The van der Waals surface area contributed by atoms with Gasteiger partial charge in [-0.2, -0.15) is 0 Å². The Labute approximate surface area is 119 Å². The molecule has 2 N–H and O–H groups in total. The first kappa shape index (κ1) is 14.9. The molecule has 21 heavy (non-hydrogen) atoms. The van der Waals surface area contributed by atoms with Crippen molar-refractivity contribution >= 4 is 5.91 Å². The second-order valence-electron chi connectivity index (χ2n) is 4.39. The summed E-state index contributed by atoms with van der Waals surface area (Å²) in [4.78, 5) is 11.3. The second-order valence-corrected chi connectivity index (χ2v) is 4.39. The van der Waals surface area contributed by atoms with Crippen LogP contribution in [0.3, 0.4) is 0 Å². The maximum Gasteiger partial charge on any atom is 0.573 e. The molecule has 0 aliphatic rings. The largest absolute Gasteiger partial charge is 0.573 e. The van der Waals surface area contributed by atoms with Crippen molar-refractivity contribution in [2.24, 2.45) is 5.73 Å². The third-order valence-electron chi connectivity index (χ3n) is 2.97. The third kappa shape index (κ3) is 3.34. The summed E-state index contributed by atoms with van der Waals surface area (Å²) in [5, 5.41) is 0. The molecule has 0 aliphatic heterocycles. The number of hydrogen-bond acceptors (Lipinski definition) is 2. The van der Waals surface area contributed by atoms with Crippen molar-refractivity contribution in [2.45, 2.75) is 13.3 Å². The minimum Gasteiger partial charge on any atom is -0.405 e. The number of carbonyl (C=O) groups excluding carboxylic acids is 1. The maximum absolute atomic E-state index is 12.5. The van der Waals surface area contributed by atoms with Gasteiger partial charge in [-0.15, -0.1) is 13.2 Å². The number of primary amides is 1. The molecule has 0 bridgehead atoms. The fourth-order valence-electron chi connectivity index (χ4n) is 2.06. The van der Waals surface area contributed by atoms with Crippen LogP contribution in [0.5, 0.6) is 5.75 Å². The number of nitrogens with two attached hydrogens (primary N) is 1. The molecule has 6 heteroatoms. The minimum absolute atomic E-state index is 0.204. The standard InChI is InChI=1S/C15H12F3NO2/c1-9-11(10-5-3-2-4-6-10)7-8-12(14(19)20)13(9)21-15(16,17)18/h2-8H,1H3,(H2,19,20). The van der Waals surface area contributed by atoms with E-state index in [0.717, 1.165) is 5.56 Å². The Bertz CT molecular complexity index is 667. The lowest BCUT2D eigenvalue weighted by Gasteiger charge is -2.17. The first-order chi connectivity index (χ1) is 9.79. The Morgan fingerprint density at radius 3 is 2.24 bits per heavy atom. The zero-order valence-electron chi connectivity index (χ0n) is 11.1. The second kappa shape index (κ2) is 5.47. The van der Waals surface area contributed by atoms with Crippen LogP contribution in [-0.2, 0) is 0 Å². The highest BCUT2D eigenvalue weighted by atomic mass is 19.4. The normalized spacial score (nSPS) is 11.2. The molecule has 1 amide bonds. The zero-order valence-corrected chi connectivity index (χ0v) is 11.1. The fourth-order valence-corrected chi connectivity index (χ4v) is 2.06. The summed E-state index contributed by atoms with van der Waals surface area (Å²) in [5.74, 6) is -1.53. The third-order valence-corrected chi connectivity index (χ3v) is 2.97. The number of ether oxygens (including phenoxy) is 1. The highest BCUT2D eigenvalue weighted by Gasteiger charge is 2.34. The van der Waals surface area contributed by atoms with Gasteiger partial charge in [-0.05, 0) is 24.1 Å². The number of carbonyl (C=O) groups is 1. The van der Waals surface area contributed by atoms with E-state index in [2.05, 4.69) is 4.74 Å². The van der Waals surface area contributed by atoms with Crippen molar-refractivity contribution in [3.8, 4) is 16.9 Å². The van der Waals surface area contributed by atoms with Crippen molar-refractivity contribution in [1.29, 1.82) is 0 Å². The van der Waals surface area contributed by atoms with Crippen molar-refractivity contribution in [3.05, 3.63) is 53.6 Å². The summed E-state index contributed by atoms with van der Waals surface area (Å²) in [5.41, 5.74) is 6.27. The van der Waals surface area contributed by atoms with Crippen LogP contribution in [-0.4, -0.2) is 12.3 Å². The molecule has 0 heterocycles. The molecule has 2 rings (SSSR count). The topological polar surface area (TPSA) is 52.3 Å². The zero-order chi connectivity index (χ0) is 15.6. The van der Waals surface area contributed by atoms with Gasteiger partial charge in [-0.3, -0.25) is 4.79 Å². The monoisotopic (exact) mass is 295 g/mol. The van der Waals surface area contributed by atoms with E-state index in [-0.39, 0.29) is 11.1 Å². The molecule has 0 saturated heterocycles. The summed E-state index contributed by atoms with van der Waals surface area (Å²) in [7, 11) is 0. The molecule has 0 radical (unpaired) electrons. The molecule has 0 unspecified atom stereocenters. The Morgan fingerprint density at radius 1 is 1.10 bits per heavy atom. The Balaban J connectivity index is 2.62. The summed E-state index contributed by atoms with van der Waals surface area (Å²) in [6.45, 7) is 1.45. The molecular weight excluding hydrogens is 283 g/mol. The average Bonchev–Trinajstić information content (AvgIpc) is 2.40. The van der Waals surface area contributed by atoms with Crippen LogP contribution >= 0.6 is 0 Å². The van der Waals surface area contributed by atoms with E-state index in [1.54, 1.807) is 36.4 Å². The van der Waals surface area contributed by atoms with Crippen LogP contribution in [0.15, 0.2) is 42.5 Å². The van der Waals surface area contributed by atoms with Gasteiger partial charge in [0.2, 0.25) is 0 Å². The summed E-state index contributed by atoms with van der Waals surface area (Å²) >= 11 is 0. The van der Waals surface area contributed by atoms with E-state index in [1.807, 2.05) is 0 Å².